The summed E-state index contributed by atoms with van der Waals surface area (Å²) in [5.41, 5.74) is 2.38. The number of likely N-dealkylation sites (tertiary alicyclic amines) is 1. The largest absolute Gasteiger partial charge is 0.493 e. The minimum Gasteiger partial charge on any atom is -0.493 e. The van der Waals surface area contributed by atoms with E-state index in [1.807, 2.05) is 0 Å². The average molecular weight is 503 g/mol. The summed E-state index contributed by atoms with van der Waals surface area (Å²) in [6, 6.07) is 9.91. The fraction of sp³-hybridized carbons (Fsp3) is 0.385. The molecule has 5 rings (SSSR count). The van der Waals surface area contributed by atoms with Crippen molar-refractivity contribution in [2.24, 2.45) is 0 Å². The summed E-state index contributed by atoms with van der Waals surface area (Å²) in [5.74, 6) is 0.704. The SMILES string of the molecule is COCc1coc2cc(OCCCN3CCC(c4noc5cc(F)ccc45)CC3)ccc2c1=O.Cl. The lowest BCUT2D eigenvalue weighted by Gasteiger charge is -2.31. The number of benzene rings is 2. The maximum Gasteiger partial charge on any atom is 0.198 e. The van der Waals surface area contributed by atoms with Crippen LogP contribution in [0.4, 0.5) is 4.39 Å². The molecule has 0 aliphatic carbocycles. The van der Waals surface area contributed by atoms with E-state index in [0.717, 1.165) is 50.0 Å². The normalized spacial score (nSPS) is 14.9. The van der Waals surface area contributed by atoms with E-state index in [1.54, 1.807) is 31.4 Å². The zero-order valence-electron chi connectivity index (χ0n) is 19.5. The van der Waals surface area contributed by atoms with E-state index in [-0.39, 0.29) is 30.3 Å². The van der Waals surface area contributed by atoms with Gasteiger partial charge in [-0.15, -0.1) is 12.4 Å². The highest BCUT2D eigenvalue weighted by Gasteiger charge is 2.25. The molecule has 1 aliphatic rings. The highest BCUT2D eigenvalue weighted by atomic mass is 35.5. The molecule has 35 heavy (non-hydrogen) atoms. The first kappa shape index (κ1) is 25.2. The van der Waals surface area contributed by atoms with Crippen LogP contribution in [0.1, 0.15) is 36.4 Å². The van der Waals surface area contributed by atoms with Crippen molar-refractivity contribution < 1.29 is 22.8 Å². The molecule has 0 radical (unpaired) electrons. The van der Waals surface area contributed by atoms with E-state index in [9.17, 15) is 9.18 Å². The maximum atomic E-state index is 13.4. The number of methoxy groups -OCH3 is 1. The Labute approximate surface area is 208 Å². The van der Waals surface area contributed by atoms with Gasteiger partial charge in [0.25, 0.3) is 0 Å². The van der Waals surface area contributed by atoms with Crippen molar-refractivity contribution in [2.75, 3.05) is 33.4 Å². The van der Waals surface area contributed by atoms with Gasteiger partial charge in [0.2, 0.25) is 0 Å². The molecule has 0 spiro atoms. The van der Waals surface area contributed by atoms with Crippen molar-refractivity contribution in [3.63, 3.8) is 0 Å². The number of hydrogen-bond acceptors (Lipinski definition) is 7. The molecule has 2 aromatic heterocycles. The van der Waals surface area contributed by atoms with Crippen molar-refractivity contribution in [3.05, 3.63) is 70.0 Å². The van der Waals surface area contributed by atoms with E-state index in [2.05, 4.69) is 10.1 Å². The van der Waals surface area contributed by atoms with Crippen LogP contribution in [-0.4, -0.2) is 43.4 Å². The van der Waals surface area contributed by atoms with Crippen molar-refractivity contribution in [2.45, 2.75) is 31.8 Å². The van der Waals surface area contributed by atoms with Crippen LogP contribution in [0.3, 0.4) is 0 Å². The Morgan fingerprint density at radius 1 is 1.11 bits per heavy atom. The van der Waals surface area contributed by atoms with Gasteiger partial charge in [0.15, 0.2) is 11.0 Å². The third-order valence-corrected chi connectivity index (χ3v) is 6.44. The number of fused-ring (bicyclic) bond motifs is 2. The summed E-state index contributed by atoms with van der Waals surface area (Å²) in [4.78, 5) is 14.9. The molecule has 186 valence electrons. The predicted molar refractivity (Wildman–Crippen MR) is 133 cm³/mol. The molecule has 0 N–H and O–H groups in total. The molecule has 0 saturated carbocycles. The van der Waals surface area contributed by atoms with Crippen LogP contribution in [0.15, 0.2) is 56.4 Å². The molecule has 7 nitrogen and oxygen atoms in total. The van der Waals surface area contributed by atoms with Crippen molar-refractivity contribution >= 4 is 34.3 Å². The zero-order valence-corrected chi connectivity index (χ0v) is 20.3. The first-order valence-electron chi connectivity index (χ1n) is 11.6. The van der Waals surface area contributed by atoms with E-state index in [1.165, 1.54) is 18.4 Å². The Kier molecular flexibility index (Phi) is 8.05. The van der Waals surface area contributed by atoms with Gasteiger partial charge in [-0.1, -0.05) is 5.16 Å². The second-order valence-corrected chi connectivity index (χ2v) is 8.71. The summed E-state index contributed by atoms with van der Waals surface area (Å²) in [7, 11) is 1.55. The lowest BCUT2D eigenvalue weighted by Crippen LogP contribution is -2.34. The lowest BCUT2D eigenvalue weighted by molar-refractivity contribution is 0.182. The molecule has 9 heteroatoms. The summed E-state index contributed by atoms with van der Waals surface area (Å²) >= 11 is 0. The summed E-state index contributed by atoms with van der Waals surface area (Å²) in [6.07, 6.45) is 4.33. The van der Waals surface area contributed by atoms with E-state index in [4.69, 9.17) is 18.4 Å². The number of ether oxygens (including phenoxy) is 2. The lowest BCUT2D eigenvalue weighted by atomic mass is 9.91. The second-order valence-electron chi connectivity index (χ2n) is 8.71. The second kappa shape index (κ2) is 11.2. The van der Waals surface area contributed by atoms with Crippen LogP contribution in [0.25, 0.3) is 21.9 Å². The molecule has 1 aliphatic heterocycles. The van der Waals surface area contributed by atoms with Crippen LogP contribution in [0.2, 0.25) is 0 Å². The first-order chi connectivity index (χ1) is 16.6. The van der Waals surface area contributed by atoms with Gasteiger partial charge in [0.05, 0.1) is 29.9 Å². The zero-order chi connectivity index (χ0) is 23.5. The van der Waals surface area contributed by atoms with Gasteiger partial charge in [-0.2, -0.15) is 0 Å². The Bertz CT molecular complexity index is 1350. The Morgan fingerprint density at radius 2 is 1.91 bits per heavy atom. The quantitative estimate of drug-likeness (QED) is 0.303. The smallest absolute Gasteiger partial charge is 0.198 e. The molecule has 4 aromatic rings. The van der Waals surface area contributed by atoms with Gasteiger partial charge in [-0.3, -0.25) is 4.79 Å². The fourth-order valence-electron chi connectivity index (χ4n) is 4.63. The van der Waals surface area contributed by atoms with Gasteiger partial charge in [0, 0.05) is 37.1 Å². The van der Waals surface area contributed by atoms with Crippen LogP contribution in [-0.2, 0) is 11.3 Å². The van der Waals surface area contributed by atoms with Gasteiger partial charge in [-0.05, 0) is 56.6 Å². The van der Waals surface area contributed by atoms with Gasteiger partial charge < -0.3 is 23.3 Å². The van der Waals surface area contributed by atoms with Gasteiger partial charge >= 0.3 is 0 Å². The fourth-order valence-corrected chi connectivity index (χ4v) is 4.63. The summed E-state index contributed by atoms with van der Waals surface area (Å²) < 4.78 is 35.2. The van der Waals surface area contributed by atoms with Crippen LogP contribution < -0.4 is 10.2 Å². The number of rotatable bonds is 8. The number of hydrogen-bond donors (Lipinski definition) is 0. The standard InChI is InChI=1S/C26H27FN2O5.ClH/c1-31-15-18-16-33-23-14-20(4-6-22(23)26(18)30)32-12-2-9-29-10-7-17(8-11-29)25-21-5-3-19(27)13-24(21)34-28-25;/h3-6,13-14,16-17H,2,7-12,15H2,1H3;1H. The molecular weight excluding hydrogens is 475 g/mol. The molecule has 0 atom stereocenters. The van der Waals surface area contributed by atoms with Crippen molar-refractivity contribution in [3.8, 4) is 5.75 Å². The molecule has 0 bridgehead atoms. The highest BCUT2D eigenvalue weighted by Crippen LogP contribution is 2.32. The minimum atomic E-state index is -0.309. The van der Waals surface area contributed by atoms with Crippen LogP contribution in [0.5, 0.6) is 5.75 Å². The van der Waals surface area contributed by atoms with Gasteiger partial charge in [0.1, 0.15) is 23.4 Å². The van der Waals surface area contributed by atoms with Crippen molar-refractivity contribution in [1.29, 1.82) is 0 Å². The number of aromatic nitrogens is 1. The topological polar surface area (TPSA) is 77.9 Å². The van der Waals surface area contributed by atoms with Crippen LogP contribution >= 0.6 is 12.4 Å². The summed E-state index contributed by atoms with van der Waals surface area (Å²) in [6.45, 7) is 3.71. The number of piperidine rings is 1. The Balaban J connectivity index is 0.00000289. The third kappa shape index (κ3) is 5.50. The van der Waals surface area contributed by atoms with E-state index in [0.29, 0.717) is 40.4 Å². The molecule has 3 heterocycles. The average Bonchev–Trinajstić information content (AvgIpc) is 3.27. The molecule has 2 aromatic carbocycles. The Morgan fingerprint density at radius 3 is 2.71 bits per heavy atom. The highest BCUT2D eigenvalue weighted by molar-refractivity contribution is 5.85. The third-order valence-electron chi connectivity index (χ3n) is 6.44. The summed E-state index contributed by atoms with van der Waals surface area (Å²) in [5, 5.41) is 5.66. The minimum absolute atomic E-state index is 0. The molecule has 1 fully saturated rings. The predicted octanol–water partition coefficient (Wildman–Crippen LogP) is 5.29. The maximum absolute atomic E-state index is 13.4. The first-order valence-corrected chi connectivity index (χ1v) is 11.6. The molecule has 1 saturated heterocycles. The van der Waals surface area contributed by atoms with E-state index < -0.39 is 0 Å². The Hall–Kier alpha value is -2.94. The number of nitrogens with zero attached hydrogens (tertiary/aromatic N) is 2. The number of halogens is 2. The van der Waals surface area contributed by atoms with Gasteiger partial charge in [-0.25, -0.2) is 4.39 Å². The molecular formula is C26H28ClFN2O5. The van der Waals surface area contributed by atoms with E-state index >= 15 is 0 Å². The molecule has 0 amide bonds. The monoisotopic (exact) mass is 502 g/mol. The molecule has 0 unspecified atom stereocenters. The van der Waals surface area contributed by atoms with Crippen molar-refractivity contribution in [1.82, 2.24) is 10.1 Å². The van der Waals surface area contributed by atoms with Crippen LogP contribution in [0, 0.1) is 5.82 Å².